The van der Waals surface area contributed by atoms with Crippen molar-refractivity contribution in [3.05, 3.63) is 47.9 Å². The van der Waals surface area contributed by atoms with Gasteiger partial charge in [0.2, 0.25) is 0 Å². The van der Waals surface area contributed by atoms with Gasteiger partial charge in [-0.1, -0.05) is 19.3 Å². The smallest absolute Gasteiger partial charge is 0.261 e. The second-order valence-electron chi connectivity index (χ2n) is 9.37. The van der Waals surface area contributed by atoms with Gasteiger partial charge in [0.1, 0.15) is 23.1 Å². The number of aliphatic hydroxyl groups is 1. The van der Waals surface area contributed by atoms with Crippen molar-refractivity contribution in [3.63, 3.8) is 0 Å². The van der Waals surface area contributed by atoms with Gasteiger partial charge in [0, 0.05) is 56.4 Å². The number of carbonyl (C=O) groups is 1. The van der Waals surface area contributed by atoms with E-state index in [4.69, 9.17) is 4.74 Å². The number of amides is 1. The summed E-state index contributed by atoms with van der Waals surface area (Å²) in [6.45, 7) is 2.40. The highest BCUT2D eigenvalue weighted by atomic mass is 19.1. The Morgan fingerprint density at radius 1 is 1.29 bits per heavy atom. The van der Waals surface area contributed by atoms with Gasteiger partial charge in [0.05, 0.1) is 24.2 Å². The van der Waals surface area contributed by atoms with E-state index in [0.717, 1.165) is 23.4 Å². The van der Waals surface area contributed by atoms with E-state index < -0.39 is 12.3 Å². The summed E-state index contributed by atoms with van der Waals surface area (Å²) in [7, 11) is 0. The molecule has 180 valence electrons. The van der Waals surface area contributed by atoms with Gasteiger partial charge in [0.25, 0.3) is 5.91 Å². The first-order chi connectivity index (χ1) is 16.5. The standard InChI is InChI=1S/C22H24FN5O3.C3H6/c1-14-9-15-10-17(26-21(30)16-12-25-28-6-2-5-24-20(16)28)18(11-19(15)31-14)27-7-3-22(23,13-29)4-8-27;1-2-3-1/h2,5-6,10-12,14,29H,3-4,7-9,13H2,1H3,(H,26,30);1-3H2. The minimum atomic E-state index is -1.55. The average Bonchev–Trinajstić information content (AvgIpc) is 3.59. The molecule has 9 heteroatoms. The number of carbonyl (C=O) groups excluding carboxylic acids is 1. The first-order valence-corrected chi connectivity index (χ1v) is 11.9. The van der Waals surface area contributed by atoms with Crippen LogP contribution in [-0.2, 0) is 6.42 Å². The fourth-order valence-electron chi connectivity index (χ4n) is 4.30. The molecule has 1 amide bonds. The molecule has 3 aromatic rings. The fraction of sp³-hybridized carbons (Fsp3) is 0.480. The molecule has 0 radical (unpaired) electrons. The molecule has 0 bridgehead atoms. The summed E-state index contributed by atoms with van der Waals surface area (Å²) in [5.74, 6) is 0.478. The van der Waals surface area contributed by atoms with Crippen molar-refractivity contribution in [1.82, 2.24) is 14.6 Å². The monoisotopic (exact) mass is 467 g/mol. The Morgan fingerprint density at radius 2 is 2.06 bits per heavy atom. The highest BCUT2D eigenvalue weighted by Gasteiger charge is 2.35. The zero-order valence-corrected chi connectivity index (χ0v) is 19.3. The van der Waals surface area contributed by atoms with Gasteiger partial charge >= 0.3 is 0 Å². The minimum Gasteiger partial charge on any atom is -0.490 e. The number of alkyl halides is 1. The van der Waals surface area contributed by atoms with Gasteiger partial charge < -0.3 is 20.1 Å². The van der Waals surface area contributed by atoms with Gasteiger partial charge in [-0.25, -0.2) is 13.9 Å². The Morgan fingerprint density at radius 3 is 2.76 bits per heavy atom. The fourth-order valence-corrected chi connectivity index (χ4v) is 4.30. The van der Waals surface area contributed by atoms with Crippen LogP contribution in [0.2, 0.25) is 0 Å². The van der Waals surface area contributed by atoms with Crippen LogP contribution in [0.25, 0.3) is 5.65 Å². The number of halogens is 1. The van der Waals surface area contributed by atoms with E-state index in [1.54, 1.807) is 23.0 Å². The van der Waals surface area contributed by atoms with Crippen LogP contribution < -0.4 is 15.0 Å². The molecule has 1 aromatic carbocycles. The van der Waals surface area contributed by atoms with Crippen molar-refractivity contribution in [2.45, 2.75) is 57.2 Å². The lowest BCUT2D eigenvalue weighted by Gasteiger charge is -2.37. The first-order valence-electron chi connectivity index (χ1n) is 11.9. The van der Waals surface area contributed by atoms with E-state index in [1.165, 1.54) is 25.5 Å². The second-order valence-corrected chi connectivity index (χ2v) is 9.37. The molecular formula is C25H30FN5O3. The van der Waals surface area contributed by atoms with E-state index in [9.17, 15) is 14.3 Å². The van der Waals surface area contributed by atoms with Crippen molar-refractivity contribution in [2.24, 2.45) is 0 Å². The Labute approximate surface area is 197 Å². The van der Waals surface area contributed by atoms with Crippen molar-refractivity contribution >= 4 is 22.9 Å². The number of aromatic nitrogens is 3. The van der Waals surface area contributed by atoms with Crippen LogP contribution in [0.5, 0.6) is 5.75 Å². The third kappa shape index (κ3) is 4.70. The molecule has 1 saturated heterocycles. The molecule has 1 unspecified atom stereocenters. The number of aliphatic hydroxyl groups excluding tert-OH is 1. The zero-order chi connectivity index (χ0) is 23.7. The van der Waals surface area contributed by atoms with Crippen molar-refractivity contribution < 1.29 is 19.0 Å². The van der Waals surface area contributed by atoms with E-state index >= 15 is 0 Å². The molecule has 2 N–H and O–H groups in total. The summed E-state index contributed by atoms with van der Waals surface area (Å²) < 4.78 is 22.0. The third-order valence-corrected chi connectivity index (χ3v) is 6.42. The summed E-state index contributed by atoms with van der Waals surface area (Å²) in [5.41, 5.74) is 1.75. The number of anilines is 2. The molecule has 1 atom stereocenters. The van der Waals surface area contributed by atoms with Gasteiger partial charge in [-0.05, 0) is 19.1 Å². The number of nitrogens with one attached hydrogen (secondary N) is 1. The van der Waals surface area contributed by atoms with E-state index in [-0.39, 0.29) is 24.9 Å². The molecule has 0 spiro atoms. The number of benzene rings is 1. The van der Waals surface area contributed by atoms with Crippen LogP contribution in [0.3, 0.4) is 0 Å². The van der Waals surface area contributed by atoms with E-state index in [0.29, 0.717) is 30.0 Å². The lowest BCUT2D eigenvalue weighted by molar-refractivity contribution is 0.0481. The summed E-state index contributed by atoms with van der Waals surface area (Å²) in [4.78, 5) is 19.4. The number of fused-ring (bicyclic) bond motifs is 2. The van der Waals surface area contributed by atoms with Crippen molar-refractivity contribution in [2.75, 3.05) is 29.9 Å². The number of hydrogen-bond donors (Lipinski definition) is 2. The Hall–Kier alpha value is -3.20. The highest BCUT2D eigenvalue weighted by molar-refractivity contribution is 6.09. The van der Waals surface area contributed by atoms with Crippen LogP contribution in [-0.4, -0.2) is 57.1 Å². The summed E-state index contributed by atoms with van der Waals surface area (Å²) in [5, 5.41) is 16.5. The summed E-state index contributed by atoms with van der Waals surface area (Å²) in [6, 6.07) is 5.61. The number of ether oxygens (including phenoxy) is 1. The first kappa shape index (κ1) is 22.6. The number of nitrogens with zero attached hydrogens (tertiary/aromatic N) is 4. The Kier molecular flexibility index (Phi) is 6.12. The van der Waals surface area contributed by atoms with Crippen molar-refractivity contribution in [3.8, 4) is 5.75 Å². The van der Waals surface area contributed by atoms with Crippen LogP contribution in [0.1, 0.15) is 54.9 Å². The molecule has 2 aliphatic heterocycles. The van der Waals surface area contributed by atoms with Crippen LogP contribution in [0, 0.1) is 0 Å². The third-order valence-electron chi connectivity index (χ3n) is 6.42. The normalized spacial score (nSPS) is 20.2. The van der Waals surface area contributed by atoms with Crippen LogP contribution in [0.4, 0.5) is 15.8 Å². The Balaban J connectivity index is 0.000000745. The zero-order valence-electron chi connectivity index (χ0n) is 19.3. The van der Waals surface area contributed by atoms with Crippen LogP contribution >= 0.6 is 0 Å². The SMILES string of the molecule is C1CC1.CC1Cc2cc(NC(=O)c3cnn4cccnc34)c(N3CCC(F)(CO)CC3)cc2O1. The van der Waals surface area contributed by atoms with Crippen LogP contribution in [0.15, 0.2) is 36.8 Å². The minimum absolute atomic E-state index is 0.0619. The number of hydrogen-bond acceptors (Lipinski definition) is 6. The molecular weight excluding hydrogens is 437 g/mol. The maximum absolute atomic E-state index is 14.5. The largest absolute Gasteiger partial charge is 0.490 e. The summed E-state index contributed by atoms with van der Waals surface area (Å²) in [6.07, 6.45) is 10.6. The average molecular weight is 468 g/mol. The van der Waals surface area contributed by atoms with Gasteiger partial charge in [-0.15, -0.1) is 0 Å². The predicted molar refractivity (Wildman–Crippen MR) is 127 cm³/mol. The highest BCUT2D eigenvalue weighted by Crippen LogP contribution is 2.40. The molecule has 4 heterocycles. The maximum Gasteiger partial charge on any atom is 0.261 e. The Bertz CT molecular complexity index is 1180. The molecule has 2 fully saturated rings. The lowest BCUT2D eigenvalue weighted by Crippen LogP contribution is -2.44. The molecule has 34 heavy (non-hydrogen) atoms. The van der Waals surface area contributed by atoms with Gasteiger partial charge in [0.15, 0.2) is 5.65 Å². The maximum atomic E-state index is 14.5. The van der Waals surface area contributed by atoms with Gasteiger partial charge in [-0.3, -0.25) is 4.79 Å². The molecule has 8 nitrogen and oxygen atoms in total. The number of piperidine rings is 1. The van der Waals surface area contributed by atoms with Gasteiger partial charge in [-0.2, -0.15) is 5.10 Å². The molecule has 6 rings (SSSR count). The summed E-state index contributed by atoms with van der Waals surface area (Å²) >= 11 is 0. The van der Waals surface area contributed by atoms with Crippen molar-refractivity contribution in [1.29, 1.82) is 0 Å². The van der Waals surface area contributed by atoms with E-state index in [2.05, 4.69) is 15.4 Å². The molecule has 2 aromatic heterocycles. The topological polar surface area (TPSA) is 92.0 Å². The quantitative estimate of drug-likeness (QED) is 0.607. The predicted octanol–water partition coefficient (Wildman–Crippen LogP) is 3.78. The lowest BCUT2D eigenvalue weighted by atomic mass is 9.93. The molecule has 1 saturated carbocycles. The molecule has 1 aliphatic carbocycles. The second kappa shape index (κ2) is 9.21. The number of rotatable bonds is 4. The molecule has 3 aliphatic rings. The van der Waals surface area contributed by atoms with E-state index in [1.807, 2.05) is 24.0 Å².